The summed E-state index contributed by atoms with van der Waals surface area (Å²) in [6.07, 6.45) is 0. The molecule has 27 heavy (non-hydrogen) atoms. The zero-order valence-electron chi connectivity index (χ0n) is 15.0. The number of hydrogen-bond acceptors (Lipinski definition) is 4. The smallest absolute Gasteiger partial charge is 0.252 e. The van der Waals surface area contributed by atoms with Crippen LogP contribution in [0.3, 0.4) is 0 Å². The lowest BCUT2D eigenvalue weighted by atomic mass is 10.0. The van der Waals surface area contributed by atoms with Crippen LogP contribution in [0, 0.1) is 0 Å². The summed E-state index contributed by atoms with van der Waals surface area (Å²) in [5, 5.41) is 14.3. The van der Waals surface area contributed by atoms with E-state index in [1.807, 2.05) is 24.3 Å². The van der Waals surface area contributed by atoms with Crippen LogP contribution in [0.15, 0.2) is 60.7 Å². The first kappa shape index (κ1) is 17.4. The van der Waals surface area contributed by atoms with E-state index in [1.54, 1.807) is 24.3 Å². The van der Waals surface area contributed by atoms with Crippen LogP contribution in [-0.4, -0.2) is 37.3 Å². The van der Waals surface area contributed by atoms with Crippen LogP contribution >= 0.6 is 0 Å². The minimum absolute atomic E-state index is 0.122. The predicted octanol–water partition coefficient (Wildman–Crippen LogP) is 3.31. The molecule has 3 aromatic carbocycles. The number of fused-ring (bicyclic) bond motifs is 1. The summed E-state index contributed by atoms with van der Waals surface area (Å²) in [5.41, 5.74) is 2.83. The molecule has 138 valence electrons. The van der Waals surface area contributed by atoms with E-state index in [9.17, 15) is 9.90 Å². The number of phenolic OH excluding ortho intramolecular Hbond substituents is 1. The Morgan fingerprint density at radius 3 is 2.70 bits per heavy atom. The number of nitrogens with one attached hydrogen (secondary N) is 1. The molecule has 1 heterocycles. The van der Waals surface area contributed by atoms with Crippen molar-refractivity contribution in [1.82, 2.24) is 5.32 Å². The Labute approximate surface area is 158 Å². The van der Waals surface area contributed by atoms with Gasteiger partial charge in [-0.15, -0.1) is 0 Å². The molecule has 0 unspecified atom stereocenters. The molecule has 0 spiro atoms. The minimum atomic E-state index is -0.122. The summed E-state index contributed by atoms with van der Waals surface area (Å²) >= 11 is 0. The number of aromatic hydroxyl groups is 1. The third kappa shape index (κ3) is 3.88. The molecule has 1 aliphatic heterocycles. The van der Waals surface area contributed by atoms with Crippen molar-refractivity contribution in [1.29, 1.82) is 0 Å². The number of carbonyl (C=O) groups is 1. The lowest BCUT2D eigenvalue weighted by Crippen LogP contribution is -2.36. The summed E-state index contributed by atoms with van der Waals surface area (Å²) < 4.78 is 5.41. The van der Waals surface area contributed by atoms with Crippen LogP contribution in [0.25, 0.3) is 10.8 Å². The molecule has 1 saturated heterocycles. The van der Waals surface area contributed by atoms with Gasteiger partial charge in [0.1, 0.15) is 5.75 Å². The van der Waals surface area contributed by atoms with Crippen molar-refractivity contribution in [2.75, 3.05) is 31.2 Å². The summed E-state index contributed by atoms with van der Waals surface area (Å²) in [7, 11) is 0. The highest BCUT2D eigenvalue weighted by atomic mass is 16.5. The van der Waals surface area contributed by atoms with Crippen LogP contribution in [0.5, 0.6) is 5.75 Å². The second-order valence-electron chi connectivity index (χ2n) is 6.66. The van der Waals surface area contributed by atoms with E-state index in [2.05, 4.69) is 22.3 Å². The maximum Gasteiger partial charge on any atom is 0.252 e. The molecule has 1 fully saturated rings. The van der Waals surface area contributed by atoms with E-state index in [1.165, 1.54) is 0 Å². The summed E-state index contributed by atoms with van der Waals surface area (Å²) in [5.74, 6) is 0.0723. The van der Waals surface area contributed by atoms with Gasteiger partial charge >= 0.3 is 0 Å². The number of anilines is 1. The van der Waals surface area contributed by atoms with Gasteiger partial charge in [0.2, 0.25) is 0 Å². The Morgan fingerprint density at radius 1 is 1.04 bits per heavy atom. The van der Waals surface area contributed by atoms with Gasteiger partial charge < -0.3 is 20.1 Å². The van der Waals surface area contributed by atoms with E-state index < -0.39 is 0 Å². The number of nitrogens with zero attached hydrogens (tertiary/aromatic N) is 1. The summed E-state index contributed by atoms with van der Waals surface area (Å²) in [6.45, 7) is 3.73. The quantitative estimate of drug-likeness (QED) is 0.747. The third-order valence-electron chi connectivity index (χ3n) is 4.85. The van der Waals surface area contributed by atoms with Crippen LogP contribution in [0.4, 0.5) is 5.69 Å². The first-order valence-electron chi connectivity index (χ1n) is 9.12. The molecule has 4 rings (SSSR count). The first-order chi connectivity index (χ1) is 13.2. The molecular formula is C22H22N2O3. The molecule has 0 atom stereocenters. The largest absolute Gasteiger partial charge is 0.508 e. The maximum atomic E-state index is 12.7. The van der Waals surface area contributed by atoms with E-state index in [0.717, 1.165) is 48.3 Å². The van der Waals surface area contributed by atoms with Crippen molar-refractivity contribution in [3.63, 3.8) is 0 Å². The average molecular weight is 362 g/mol. The number of hydrogen-bond donors (Lipinski definition) is 2. The van der Waals surface area contributed by atoms with Crippen molar-refractivity contribution in [2.45, 2.75) is 6.54 Å². The number of ether oxygens (including phenoxy) is 1. The fourth-order valence-electron chi connectivity index (χ4n) is 3.43. The van der Waals surface area contributed by atoms with E-state index >= 15 is 0 Å². The molecule has 0 aromatic heterocycles. The number of carbonyl (C=O) groups excluding carboxylic acids is 1. The summed E-state index contributed by atoms with van der Waals surface area (Å²) in [4.78, 5) is 15.0. The van der Waals surface area contributed by atoms with Crippen molar-refractivity contribution < 1.29 is 14.6 Å². The summed E-state index contributed by atoms with van der Waals surface area (Å²) in [6, 6.07) is 18.8. The number of amides is 1. The topological polar surface area (TPSA) is 61.8 Å². The average Bonchev–Trinajstić information content (AvgIpc) is 2.72. The number of benzene rings is 3. The molecule has 3 aromatic rings. The molecule has 5 heteroatoms. The second kappa shape index (κ2) is 7.68. The zero-order valence-corrected chi connectivity index (χ0v) is 15.0. The van der Waals surface area contributed by atoms with Gasteiger partial charge in [-0.1, -0.05) is 24.3 Å². The predicted molar refractivity (Wildman–Crippen MR) is 106 cm³/mol. The number of rotatable bonds is 4. The Hall–Kier alpha value is -3.05. The fraction of sp³-hybridized carbons (Fsp3) is 0.227. The molecule has 0 bridgehead atoms. The molecule has 2 N–H and O–H groups in total. The molecule has 0 radical (unpaired) electrons. The fourth-order valence-corrected chi connectivity index (χ4v) is 3.43. The lowest BCUT2D eigenvalue weighted by Gasteiger charge is -2.29. The van der Waals surface area contributed by atoms with E-state index in [0.29, 0.717) is 12.1 Å². The highest BCUT2D eigenvalue weighted by molar-refractivity contribution is 6.07. The third-order valence-corrected chi connectivity index (χ3v) is 4.85. The van der Waals surface area contributed by atoms with Gasteiger partial charge in [-0.25, -0.2) is 0 Å². The standard InChI is InChI=1S/C22H22N2O3/c25-19-7-8-20-17(14-19)4-2-6-21(20)22(26)23-15-16-3-1-5-18(13-16)24-9-11-27-12-10-24/h1-8,13-14,25H,9-12,15H2,(H,23,26). The Bertz CT molecular complexity index is 965. The SMILES string of the molecule is O=C(NCc1cccc(N2CCOCC2)c1)c1cccc2cc(O)ccc12. The Kier molecular flexibility index (Phi) is 4.94. The molecule has 0 saturated carbocycles. The van der Waals surface area contributed by atoms with E-state index in [4.69, 9.17) is 4.74 Å². The van der Waals surface area contributed by atoms with Gasteiger partial charge in [-0.3, -0.25) is 4.79 Å². The minimum Gasteiger partial charge on any atom is -0.508 e. The molecule has 1 amide bonds. The van der Waals surface area contributed by atoms with Gasteiger partial charge in [-0.2, -0.15) is 0 Å². The van der Waals surface area contributed by atoms with Gasteiger partial charge in [0.25, 0.3) is 5.91 Å². The van der Waals surface area contributed by atoms with Crippen LogP contribution in [0.1, 0.15) is 15.9 Å². The molecule has 1 aliphatic rings. The van der Waals surface area contributed by atoms with E-state index in [-0.39, 0.29) is 11.7 Å². The van der Waals surface area contributed by atoms with Crippen LogP contribution in [0.2, 0.25) is 0 Å². The highest BCUT2D eigenvalue weighted by Gasteiger charge is 2.13. The van der Waals surface area contributed by atoms with Crippen molar-refractivity contribution in [3.8, 4) is 5.75 Å². The first-order valence-corrected chi connectivity index (χ1v) is 9.12. The van der Waals surface area contributed by atoms with Crippen molar-refractivity contribution in [2.24, 2.45) is 0 Å². The molecule has 5 nitrogen and oxygen atoms in total. The normalized spacial score (nSPS) is 14.3. The second-order valence-corrected chi connectivity index (χ2v) is 6.66. The van der Waals surface area contributed by atoms with Crippen molar-refractivity contribution >= 4 is 22.4 Å². The molecular weight excluding hydrogens is 340 g/mol. The number of morpholine rings is 1. The van der Waals surface area contributed by atoms with Gasteiger partial charge in [0.15, 0.2) is 0 Å². The highest BCUT2D eigenvalue weighted by Crippen LogP contribution is 2.23. The number of phenols is 1. The Balaban J connectivity index is 1.48. The van der Waals surface area contributed by atoms with Gasteiger partial charge in [-0.05, 0) is 52.7 Å². The van der Waals surface area contributed by atoms with Gasteiger partial charge in [0, 0.05) is 30.9 Å². The Morgan fingerprint density at radius 2 is 1.85 bits per heavy atom. The van der Waals surface area contributed by atoms with Crippen LogP contribution in [-0.2, 0) is 11.3 Å². The molecule has 0 aliphatic carbocycles. The lowest BCUT2D eigenvalue weighted by molar-refractivity contribution is 0.0952. The van der Waals surface area contributed by atoms with Crippen molar-refractivity contribution in [3.05, 3.63) is 71.8 Å². The van der Waals surface area contributed by atoms with Gasteiger partial charge in [0.05, 0.1) is 13.2 Å². The van der Waals surface area contributed by atoms with Crippen LogP contribution < -0.4 is 10.2 Å². The maximum absolute atomic E-state index is 12.7. The zero-order chi connectivity index (χ0) is 18.6. The monoisotopic (exact) mass is 362 g/mol.